The maximum Gasteiger partial charge on any atom is 0.251 e. The summed E-state index contributed by atoms with van der Waals surface area (Å²) < 4.78 is 12.9. The molecule has 1 atom stereocenters. The Labute approximate surface area is 133 Å². The summed E-state index contributed by atoms with van der Waals surface area (Å²) in [5.74, 6) is -0.482. The molecule has 3 nitrogen and oxygen atoms in total. The van der Waals surface area contributed by atoms with Crippen LogP contribution in [0.25, 0.3) is 0 Å². The summed E-state index contributed by atoms with van der Waals surface area (Å²) in [5, 5.41) is 5.08. The number of amides is 1. The first kappa shape index (κ1) is 15.2. The lowest BCUT2D eigenvalue weighted by atomic mass is 10.1. The van der Waals surface area contributed by atoms with E-state index in [1.54, 1.807) is 0 Å². The van der Waals surface area contributed by atoms with Crippen molar-refractivity contribution in [2.45, 2.75) is 25.9 Å². The Kier molecular flexibility index (Phi) is 4.55. The molecule has 116 valence electrons. The highest BCUT2D eigenvalue weighted by molar-refractivity contribution is 7.10. The van der Waals surface area contributed by atoms with Gasteiger partial charge in [-0.2, -0.15) is 0 Å². The van der Waals surface area contributed by atoms with Gasteiger partial charge in [0.1, 0.15) is 5.82 Å². The van der Waals surface area contributed by atoms with Gasteiger partial charge < -0.3 is 5.32 Å². The van der Waals surface area contributed by atoms with Crippen LogP contribution in [0.4, 0.5) is 4.39 Å². The third kappa shape index (κ3) is 3.36. The van der Waals surface area contributed by atoms with E-state index >= 15 is 0 Å². The Bertz CT molecular complexity index is 653. The topological polar surface area (TPSA) is 32.3 Å². The molecular formula is C17H19FN2OS. The molecule has 0 radical (unpaired) electrons. The summed E-state index contributed by atoms with van der Waals surface area (Å²) in [6, 6.07) is 8.09. The summed E-state index contributed by atoms with van der Waals surface area (Å²) in [7, 11) is 0. The Hall–Kier alpha value is -1.72. The SMILES string of the molecule is CC(CNC(=O)c1ccc(F)cc1)N1CCc2sccc2C1. The number of rotatable bonds is 4. The number of thiophene rings is 1. The van der Waals surface area contributed by atoms with Crippen LogP contribution < -0.4 is 5.32 Å². The monoisotopic (exact) mass is 318 g/mol. The van der Waals surface area contributed by atoms with Crippen LogP contribution in [0.15, 0.2) is 35.7 Å². The smallest absolute Gasteiger partial charge is 0.251 e. The van der Waals surface area contributed by atoms with Crippen molar-refractivity contribution < 1.29 is 9.18 Å². The third-order valence-corrected chi connectivity index (χ3v) is 5.15. The molecule has 1 amide bonds. The number of carbonyl (C=O) groups is 1. The molecule has 0 aliphatic carbocycles. The molecule has 2 aromatic rings. The maximum absolute atomic E-state index is 12.9. The molecule has 5 heteroatoms. The molecule has 3 rings (SSSR count). The molecule has 0 saturated heterocycles. The number of hydrogen-bond acceptors (Lipinski definition) is 3. The molecule has 1 aliphatic rings. The molecule has 0 saturated carbocycles. The average Bonchev–Trinajstić information content (AvgIpc) is 3.00. The van der Waals surface area contributed by atoms with Crippen molar-refractivity contribution in [2.75, 3.05) is 13.1 Å². The molecule has 1 aromatic carbocycles. The fraction of sp³-hybridized carbons (Fsp3) is 0.353. The standard InChI is InChI=1S/C17H19FN2OS/c1-12(20-8-6-16-14(11-20)7-9-22-16)10-19-17(21)13-2-4-15(18)5-3-13/h2-5,7,9,12H,6,8,10-11H2,1H3,(H,19,21). The quantitative estimate of drug-likeness (QED) is 0.940. The van der Waals surface area contributed by atoms with Gasteiger partial charge in [-0.15, -0.1) is 11.3 Å². The zero-order valence-corrected chi connectivity index (χ0v) is 13.3. The van der Waals surface area contributed by atoms with Gasteiger partial charge in [-0.1, -0.05) is 0 Å². The van der Waals surface area contributed by atoms with Gasteiger partial charge in [0.25, 0.3) is 5.91 Å². The van der Waals surface area contributed by atoms with E-state index in [1.165, 1.54) is 34.7 Å². The van der Waals surface area contributed by atoms with Crippen LogP contribution >= 0.6 is 11.3 Å². The van der Waals surface area contributed by atoms with Crippen molar-refractivity contribution in [1.29, 1.82) is 0 Å². The Morgan fingerprint density at radius 1 is 1.36 bits per heavy atom. The molecule has 1 aromatic heterocycles. The number of carbonyl (C=O) groups excluding carboxylic acids is 1. The van der Waals surface area contributed by atoms with E-state index in [4.69, 9.17) is 0 Å². The van der Waals surface area contributed by atoms with Crippen LogP contribution in [0.2, 0.25) is 0 Å². The lowest BCUT2D eigenvalue weighted by molar-refractivity contribution is 0.0932. The molecule has 1 aliphatic heterocycles. The van der Waals surface area contributed by atoms with Crippen molar-refractivity contribution in [3.63, 3.8) is 0 Å². The lowest BCUT2D eigenvalue weighted by Crippen LogP contribution is -2.44. The van der Waals surface area contributed by atoms with Gasteiger partial charge in [0.05, 0.1) is 0 Å². The van der Waals surface area contributed by atoms with Crippen molar-refractivity contribution in [2.24, 2.45) is 0 Å². The van der Waals surface area contributed by atoms with Crippen LogP contribution in [0, 0.1) is 5.82 Å². The van der Waals surface area contributed by atoms with Gasteiger partial charge in [-0.25, -0.2) is 4.39 Å². The maximum atomic E-state index is 12.9. The van der Waals surface area contributed by atoms with E-state index in [-0.39, 0.29) is 17.8 Å². The van der Waals surface area contributed by atoms with Crippen molar-refractivity contribution in [1.82, 2.24) is 10.2 Å². The van der Waals surface area contributed by atoms with E-state index in [9.17, 15) is 9.18 Å². The first-order valence-corrected chi connectivity index (χ1v) is 8.34. The third-order valence-electron chi connectivity index (χ3n) is 4.12. The van der Waals surface area contributed by atoms with Crippen molar-refractivity contribution in [3.8, 4) is 0 Å². The zero-order chi connectivity index (χ0) is 15.5. The highest BCUT2D eigenvalue weighted by atomic mass is 32.1. The molecule has 0 spiro atoms. The second kappa shape index (κ2) is 6.58. The van der Waals surface area contributed by atoms with Crippen molar-refractivity contribution in [3.05, 3.63) is 57.5 Å². The normalized spacial score (nSPS) is 16.1. The van der Waals surface area contributed by atoms with E-state index < -0.39 is 0 Å². The predicted octanol–water partition coefficient (Wildman–Crippen LogP) is 3.06. The van der Waals surface area contributed by atoms with E-state index in [0.717, 1.165) is 19.5 Å². The summed E-state index contributed by atoms with van der Waals surface area (Å²) >= 11 is 1.83. The molecule has 2 heterocycles. The summed E-state index contributed by atoms with van der Waals surface area (Å²) in [6.45, 7) is 4.70. The predicted molar refractivity (Wildman–Crippen MR) is 86.6 cm³/mol. The fourth-order valence-corrected chi connectivity index (χ4v) is 3.61. The minimum atomic E-state index is -0.329. The summed E-state index contributed by atoms with van der Waals surface area (Å²) in [6.07, 6.45) is 1.09. The number of nitrogens with one attached hydrogen (secondary N) is 1. The molecule has 1 N–H and O–H groups in total. The first-order chi connectivity index (χ1) is 10.6. The van der Waals surface area contributed by atoms with Gasteiger partial charge in [0.2, 0.25) is 0 Å². The van der Waals surface area contributed by atoms with Crippen LogP contribution in [0.3, 0.4) is 0 Å². The van der Waals surface area contributed by atoms with E-state index in [1.807, 2.05) is 11.3 Å². The van der Waals surface area contributed by atoms with Gasteiger partial charge in [0.15, 0.2) is 0 Å². The Morgan fingerprint density at radius 3 is 2.91 bits per heavy atom. The van der Waals surface area contributed by atoms with Gasteiger partial charge in [-0.3, -0.25) is 9.69 Å². The Balaban J connectivity index is 1.53. The summed E-state index contributed by atoms with van der Waals surface area (Å²) in [4.78, 5) is 15.9. The lowest BCUT2D eigenvalue weighted by Gasteiger charge is -2.32. The number of halogens is 1. The first-order valence-electron chi connectivity index (χ1n) is 7.46. The Morgan fingerprint density at radius 2 is 2.14 bits per heavy atom. The molecule has 22 heavy (non-hydrogen) atoms. The number of nitrogens with zero attached hydrogens (tertiary/aromatic N) is 1. The molecule has 0 bridgehead atoms. The number of fused-ring (bicyclic) bond motifs is 1. The van der Waals surface area contributed by atoms with Crippen LogP contribution in [-0.2, 0) is 13.0 Å². The van der Waals surface area contributed by atoms with Gasteiger partial charge >= 0.3 is 0 Å². The molecule has 1 unspecified atom stereocenters. The fourth-order valence-electron chi connectivity index (χ4n) is 2.72. The minimum Gasteiger partial charge on any atom is -0.350 e. The van der Waals surface area contributed by atoms with Crippen LogP contribution in [0.1, 0.15) is 27.7 Å². The van der Waals surface area contributed by atoms with E-state index in [0.29, 0.717) is 12.1 Å². The second-order valence-electron chi connectivity index (χ2n) is 5.66. The van der Waals surface area contributed by atoms with Gasteiger partial charge in [0, 0.05) is 36.1 Å². The minimum absolute atomic E-state index is 0.153. The van der Waals surface area contributed by atoms with Crippen LogP contribution in [0.5, 0.6) is 0 Å². The summed E-state index contributed by atoms with van der Waals surface area (Å²) in [5.41, 5.74) is 1.90. The molecular weight excluding hydrogens is 299 g/mol. The highest BCUT2D eigenvalue weighted by Crippen LogP contribution is 2.24. The van der Waals surface area contributed by atoms with Crippen molar-refractivity contribution >= 4 is 17.2 Å². The largest absolute Gasteiger partial charge is 0.350 e. The van der Waals surface area contributed by atoms with Gasteiger partial charge in [-0.05, 0) is 54.6 Å². The van der Waals surface area contributed by atoms with E-state index in [2.05, 4.69) is 28.6 Å². The molecule has 0 fully saturated rings. The number of benzene rings is 1. The second-order valence-corrected chi connectivity index (χ2v) is 6.66. The zero-order valence-electron chi connectivity index (χ0n) is 12.5. The number of hydrogen-bond donors (Lipinski definition) is 1. The van der Waals surface area contributed by atoms with Crippen LogP contribution in [-0.4, -0.2) is 29.9 Å². The highest BCUT2D eigenvalue weighted by Gasteiger charge is 2.21. The average molecular weight is 318 g/mol.